The molecular formula is C60H37BN2O. The van der Waals surface area contributed by atoms with Gasteiger partial charge in [-0.2, -0.15) is 0 Å². The van der Waals surface area contributed by atoms with E-state index < -0.39 is 0 Å². The highest BCUT2D eigenvalue weighted by Gasteiger charge is 2.38. The van der Waals surface area contributed by atoms with Gasteiger partial charge >= 0.3 is 6.85 Å². The number of nitrogens with zero attached hydrogens (tertiary/aromatic N) is 2. The first kappa shape index (κ1) is 35.3. The van der Waals surface area contributed by atoms with Gasteiger partial charge in [-0.1, -0.05) is 176 Å². The quantitative estimate of drug-likeness (QED) is 0.159. The Bertz CT molecular complexity index is 3860. The van der Waals surface area contributed by atoms with E-state index in [1.165, 1.54) is 93.8 Å². The van der Waals surface area contributed by atoms with Gasteiger partial charge in [-0.25, -0.2) is 0 Å². The van der Waals surface area contributed by atoms with E-state index in [4.69, 9.17) is 4.42 Å². The molecule has 0 unspecified atom stereocenters. The zero-order valence-electron chi connectivity index (χ0n) is 34.7. The summed E-state index contributed by atoms with van der Waals surface area (Å²) in [5, 5.41) is 7.08. The molecule has 3 aromatic heterocycles. The number of hydrogen-bond acceptors (Lipinski definition) is 1. The summed E-state index contributed by atoms with van der Waals surface area (Å²) in [6.07, 6.45) is 0. The largest absolute Gasteiger partial charge is 0.455 e. The van der Waals surface area contributed by atoms with E-state index in [1.54, 1.807) is 0 Å². The van der Waals surface area contributed by atoms with Crippen LogP contribution < -0.4 is 10.9 Å². The predicted molar refractivity (Wildman–Crippen MR) is 270 cm³/mol. The van der Waals surface area contributed by atoms with Gasteiger partial charge in [0.05, 0.1) is 16.4 Å². The standard InChI is InChI=1S/C60H37BN2O/c1-5-18-38(19-6-1)42-34-47(40-22-9-3-10-23-40)57-49(36-42)50-37-43(39-20-7-2-8-21-39)35-48(41-24-11-4-12-25-41)58(50)63(57)61-51-28-14-15-30-53(51)62-54-33-32-45-44-26-13-16-31-55(44)64-60(45)56(54)46-27-17-29-52(61)59(46)62/h1-37H. The van der Waals surface area contributed by atoms with Crippen molar-refractivity contribution >= 4 is 83.3 Å². The highest BCUT2D eigenvalue weighted by atomic mass is 16.3. The Labute approximate surface area is 369 Å². The van der Waals surface area contributed by atoms with Crippen LogP contribution in [0.2, 0.25) is 0 Å². The van der Waals surface area contributed by atoms with Gasteiger partial charge in [-0.15, -0.1) is 0 Å². The zero-order valence-corrected chi connectivity index (χ0v) is 34.7. The molecule has 0 amide bonds. The van der Waals surface area contributed by atoms with Crippen LogP contribution in [0.3, 0.4) is 0 Å². The lowest BCUT2D eigenvalue weighted by Crippen LogP contribution is -2.53. The number of fused-ring (bicyclic) bond motifs is 12. The second kappa shape index (κ2) is 13.6. The first-order valence-electron chi connectivity index (χ1n) is 22.1. The second-order valence-electron chi connectivity index (χ2n) is 17.1. The summed E-state index contributed by atoms with van der Waals surface area (Å²) in [6.45, 7) is -0.182. The summed E-state index contributed by atoms with van der Waals surface area (Å²) in [7, 11) is 0. The Morgan fingerprint density at radius 1 is 0.344 bits per heavy atom. The molecule has 64 heavy (non-hydrogen) atoms. The maximum Gasteiger partial charge on any atom is 0.332 e. The lowest BCUT2D eigenvalue weighted by molar-refractivity contribution is 0.673. The number of furan rings is 1. The van der Waals surface area contributed by atoms with E-state index in [0.29, 0.717) is 0 Å². The van der Waals surface area contributed by atoms with Gasteiger partial charge in [0.15, 0.2) is 0 Å². The van der Waals surface area contributed by atoms with Crippen molar-refractivity contribution < 1.29 is 4.42 Å². The van der Waals surface area contributed by atoms with Gasteiger partial charge in [0.25, 0.3) is 0 Å². The van der Waals surface area contributed by atoms with Crippen molar-refractivity contribution in [3.05, 3.63) is 224 Å². The zero-order chi connectivity index (χ0) is 41.9. The molecular weight excluding hydrogens is 775 g/mol. The fourth-order valence-corrected chi connectivity index (χ4v) is 11.0. The smallest absolute Gasteiger partial charge is 0.332 e. The summed E-state index contributed by atoms with van der Waals surface area (Å²) in [6, 6.07) is 82.4. The fourth-order valence-electron chi connectivity index (χ4n) is 11.0. The van der Waals surface area contributed by atoms with Crippen LogP contribution in [-0.2, 0) is 0 Å². The first-order chi connectivity index (χ1) is 31.8. The van der Waals surface area contributed by atoms with Crippen molar-refractivity contribution in [2.75, 3.05) is 0 Å². The highest BCUT2D eigenvalue weighted by Crippen LogP contribution is 2.46. The molecule has 0 saturated heterocycles. The molecule has 4 heterocycles. The molecule has 296 valence electrons. The molecule has 0 atom stereocenters. The summed E-state index contributed by atoms with van der Waals surface area (Å²) >= 11 is 0. The molecule has 3 nitrogen and oxygen atoms in total. The lowest BCUT2D eigenvalue weighted by atomic mass is 9.48. The third-order valence-electron chi connectivity index (χ3n) is 13.7. The molecule has 1 aliphatic rings. The predicted octanol–water partition coefficient (Wildman–Crippen LogP) is 14.4. The van der Waals surface area contributed by atoms with E-state index in [9.17, 15) is 0 Å². The number of rotatable bonds is 5. The second-order valence-corrected chi connectivity index (χ2v) is 17.1. The van der Waals surface area contributed by atoms with Gasteiger partial charge < -0.3 is 13.5 Å². The van der Waals surface area contributed by atoms with E-state index in [2.05, 4.69) is 234 Å². The molecule has 10 aromatic carbocycles. The highest BCUT2D eigenvalue weighted by molar-refractivity contribution is 6.88. The van der Waals surface area contributed by atoms with Crippen LogP contribution in [0.25, 0.3) is 116 Å². The van der Waals surface area contributed by atoms with Crippen molar-refractivity contribution in [3.63, 3.8) is 0 Å². The summed E-state index contributed by atoms with van der Waals surface area (Å²) in [4.78, 5) is 0. The van der Waals surface area contributed by atoms with Crippen molar-refractivity contribution in [2.45, 2.75) is 0 Å². The summed E-state index contributed by atoms with van der Waals surface area (Å²) < 4.78 is 12.0. The number of hydrogen-bond donors (Lipinski definition) is 0. The molecule has 0 fully saturated rings. The Morgan fingerprint density at radius 2 is 0.859 bits per heavy atom. The molecule has 0 aliphatic carbocycles. The van der Waals surface area contributed by atoms with Gasteiger partial charge in [0.1, 0.15) is 11.2 Å². The maximum absolute atomic E-state index is 6.80. The average Bonchev–Trinajstić information content (AvgIpc) is 4.03. The maximum atomic E-state index is 6.80. The fraction of sp³-hybridized carbons (Fsp3) is 0. The molecule has 0 spiro atoms. The Balaban J connectivity index is 1.19. The van der Waals surface area contributed by atoms with Crippen LogP contribution in [0.15, 0.2) is 229 Å². The lowest BCUT2D eigenvalue weighted by Gasteiger charge is -2.29. The van der Waals surface area contributed by atoms with Gasteiger partial charge in [-0.05, 0) is 92.8 Å². The Morgan fingerprint density at radius 3 is 1.48 bits per heavy atom. The molecule has 0 radical (unpaired) electrons. The SMILES string of the molecule is c1ccc(-c2cc(-c3ccccc3)c3c(c2)c2cc(-c4ccccc4)cc(-c4ccccc4)c2n3B2c3ccccc3-n3c4ccc5c6ccccc6oc5c4c4cccc2c43)cc1. The van der Waals surface area contributed by atoms with Crippen LogP contribution in [0, 0.1) is 0 Å². The molecule has 0 saturated carbocycles. The van der Waals surface area contributed by atoms with E-state index in [1.807, 2.05) is 0 Å². The molecule has 14 rings (SSSR count). The summed E-state index contributed by atoms with van der Waals surface area (Å²) in [5.74, 6) is 0. The Hall–Kier alpha value is -8.34. The average molecular weight is 813 g/mol. The third-order valence-corrected chi connectivity index (χ3v) is 13.7. The molecule has 1 aliphatic heterocycles. The van der Waals surface area contributed by atoms with Crippen molar-refractivity contribution in [1.29, 1.82) is 0 Å². The molecule has 4 heteroatoms. The molecule has 0 N–H and O–H groups in total. The van der Waals surface area contributed by atoms with Crippen molar-refractivity contribution in [3.8, 4) is 50.2 Å². The molecule has 0 bridgehead atoms. The van der Waals surface area contributed by atoms with Crippen LogP contribution in [-0.4, -0.2) is 15.9 Å². The monoisotopic (exact) mass is 812 g/mol. The minimum atomic E-state index is -0.182. The van der Waals surface area contributed by atoms with E-state index in [-0.39, 0.29) is 6.85 Å². The Kier molecular flexibility index (Phi) is 7.49. The normalized spacial score (nSPS) is 12.3. The van der Waals surface area contributed by atoms with E-state index >= 15 is 0 Å². The van der Waals surface area contributed by atoms with E-state index in [0.717, 1.165) is 32.8 Å². The third kappa shape index (κ3) is 4.99. The minimum absolute atomic E-state index is 0.182. The van der Waals surface area contributed by atoms with Crippen molar-refractivity contribution in [2.24, 2.45) is 0 Å². The van der Waals surface area contributed by atoms with Gasteiger partial charge in [0.2, 0.25) is 0 Å². The first-order valence-corrected chi connectivity index (χ1v) is 22.1. The topological polar surface area (TPSA) is 23.0 Å². The van der Waals surface area contributed by atoms with Crippen LogP contribution in [0.4, 0.5) is 0 Å². The number of aromatic nitrogens is 2. The number of para-hydroxylation sites is 3. The van der Waals surface area contributed by atoms with Gasteiger partial charge in [-0.3, -0.25) is 0 Å². The molecule has 13 aromatic rings. The minimum Gasteiger partial charge on any atom is -0.455 e. The number of benzene rings is 10. The van der Waals surface area contributed by atoms with Gasteiger partial charge in [0, 0.05) is 54.8 Å². The van der Waals surface area contributed by atoms with Crippen LogP contribution in [0.5, 0.6) is 0 Å². The van der Waals surface area contributed by atoms with Crippen LogP contribution in [0.1, 0.15) is 0 Å². The van der Waals surface area contributed by atoms with Crippen molar-refractivity contribution in [1.82, 2.24) is 9.05 Å². The van der Waals surface area contributed by atoms with Crippen LogP contribution >= 0.6 is 0 Å². The summed E-state index contributed by atoms with van der Waals surface area (Å²) in [5.41, 5.74) is 19.9.